The molecule has 2 aromatic rings. The van der Waals surface area contributed by atoms with Gasteiger partial charge in [0.15, 0.2) is 5.65 Å². The Kier molecular flexibility index (Phi) is 3.98. The third kappa shape index (κ3) is 2.74. The number of halogens is 1. The van der Waals surface area contributed by atoms with Crippen molar-refractivity contribution in [2.45, 2.75) is 37.5 Å². The molecule has 0 aliphatic heterocycles. The lowest BCUT2D eigenvalue weighted by Gasteiger charge is -2.18. The molecule has 2 unspecified atom stereocenters. The molecule has 19 heavy (non-hydrogen) atoms. The Balaban J connectivity index is 1.79. The monoisotopic (exact) mass is 340 g/mol. The van der Waals surface area contributed by atoms with Gasteiger partial charge in [0.2, 0.25) is 5.95 Å². The highest BCUT2D eigenvalue weighted by Crippen LogP contribution is 2.31. The van der Waals surface area contributed by atoms with Gasteiger partial charge in [0, 0.05) is 17.5 Å². The average molecular weight is 341 g/mol. The molecule has 0 aromatic carbocycles. The molecule has 0 amide bonds. The standard InChI is InChI=1S/C13H17BrN4S/c1-2-19-11-7-3-6-10(11)15-13-16-12-9(14)5-4-8-18(12)17-13/h4-5,8,10-11H,2-3,6-7H2,1H3,(H,15,17). The van der Waals surface area contributed by atoms with Crippen LogP contribution in [0.5, 0.6) is 0 Å². The first-order valence-electron chi connectivity index (χ1n) is 6.67. The Morgan fingerprint density at radius 1 is 1.53 bits per heavy atom. The van der Waals surface area contributed by atoms with Crippen molar-refractivity contribution in [3.8, 4) is 0 Å². The maximum absolute atomic E-state index is 4.55. The largest absolute Gasteiger partial charge is 0.349 e. The van der Waals surface area contributed by atoms with Crippen LogP contribution < -0.4 is 5.32 Å². The summed E-state index contributed by atoms with van der Waals surface area (Å²) >= 11 is 5.55. The summed E-state index contributed by atoms with van der Waals surface area (Å²) in [5, 5.41) is 8.69. The molecule has 2 heterocycles. The van der Waals surface area contributed by atoms with E-state index >= 15 is 0 Å². The van der Waals surface area contributed by atoms with Crippen LogP contribution in [0.3, 0.4) is 0 Å². The quantitative estimate of drug-likeness (QED) is 0.923. The number of anilines is 1. The van der Waals surface area contributed by atoms with Gasteiger partial charge in [-0.05, 0) is 46.7 Å². The van der Waals surface area contributed by atoms with E-state index in [1.807, 2.05) is 34.6 Å². The molecule has 1 aliphatic rings. The minimum atomic E-state index is 0.501. The van der Waals surface area contributed by atoms with Crippen molar-refractivity contribution in [2.75, 3.05) is 11.1 Å². The topological polar surface area (TPSA) is 42.2 Å². The van der Waals surface area contributed by atoms with Gasteiger partial charge in [-0.15, -0.1) is 5.10 Å². The number of hydrogen-bond donors (Lipinski definition) is 1. The highest BCUT2D eigenvalue weighted by Gasteiger charge is 2.27. The molecule has 0 spiro atoms. The summed E-state index contributed by atoms with van der Waals surface area (Å²) in [5.74, 6) is 1.91. The molecular weight excluding hydrogens is 324 g/mol. The molecule has 1 fully saturated rings. The van der Waals surface area contributed by atoms with Gasteiger partial charge in [0.1, 0.15) is 0 Å². The number of rotatable bonds is 4. The summed E-state index contributed by atoms with van der Waals surface area (Å²) in [6, 6.07) is 4.45. The van der Waals surface area contributed by atoms with E-state index in [1.165, 1.54) is 25.0 Å². The number of thioether (sulfide) groups is 1. The first kappa shape index (κ1) is 13.2. The first-order chi connectivity index (χ1) is 9.28. The van der Waals surface area contributed by atoms with Gasteiger partial charge in [0.25, 0.3) is 0 Å². The van der Waals surface area contributed by atoms with Crippen molar-refractivity contribution in [3.63, 3.8) is 0 Å². The van der Waals surface area contributed by atoms with E-state index in [4.69, 9.17) is 0 Å². The van der Waals surface area contributed by atoms with Crippen molar-refractivity contribution in [3.05, 3.63) is 22.8 Å². The predicted molar refractivity (Wildman–Crippen MR) is 83.9 cm³/mol. The van der Waals surface area contributed by atoms with E-state index in [1.54, 1.807) is 0 Å². The van der Waals surface area contributed by atoms with Gasteiger partial charge in [0.05, 0.1) is 4.47 Å². The smallest absolute Gasteiger partial charge is 0.243 e. The average Bonchev–Trinajstić information content (AvgIpc) is 2.98. The zero-order valence-electron chi connectivity index (χ0n) is 10.8. The van der Waals surface area contributed by atoms with Crippen molar-refractivity contribution >= 4 is 39.3 Å². The van der Waals surface area contributed by atoms with Crippen LogP contribution in [0.2, 0.25) is 0 Å². The van der Waals surface area contributed by atoms with E-state index in [9.17, 15) is 0 Å². The van der Waals surface area contributed by atoms with E-state index in [2.05, 4.69) is 38.3 Å². The molecule has 2 aromatic heterocycles. The maximum Gasteiger partial charge on any atom is 0.243 e. The summed E-state index contributed by atoms with van der Waals surface area (Å²) in [5.41, 5.74) is 0.864. The molecule has 3 rings (SSSR count). The Hall–Kier alpha value is -0.750. The minimum absolute atomic E-state index is 0.501. The van der Waals surface area contributed by atoms with E-state index < -0.39 is 0 Å². The minimum Gasteiger partial charge on any atom is -0.349 e. The van der Waals surface area contributed by atoms with Crippen LogP contribution in [0, 0.1) is 0 Å². The second kappa shape index (κ2) is 5.71. The highest BCUT2D eigenvalue weighted by molar-refractivity contribution is 9.10. The van der Waals surface area contributed by atoms with Crippen LogP contribution in [0.25, 0.3) is 5.65 Å². The van der Waals surface area contributed by atoms with E-state index in [-0.39, 0.29) is 0 Å². The van der Waals surface area contributed by atoms with Crippen LogP contribution in [0.15, 0.2) is 22.8 Å². The summed E-state index contributed by atoms with van der Waals surface area (Å²) in [6.07, 6.45) is 5.74. The zero-order valence-corrected chi connectivity index (χ0v) is 13.2. The number of nitrogens with one attached hydrogen (secondary N) is 1. The fraction of sp³-hybridized carbons (Fsp3) is 0.538. The van der Waals surface area contributed by atoms with Crippen LogP contribution in [-0.4, -0.2) is 31.6 Å². The van der Waals surface area contributed by atoms with Crippen molar-refractivity contribution in [1.29, 1.82) is 0 Å². The second-order valence-electron chi connectivity index (χ2n) is 4.74. The highest BCUT2D eigenvalue weighted by atomic mass is 79.9. The summed E-state index contributed by atoms with van der Waals surface area (Å²) in [6.45, 7) is 2.22. The molecule has 2 atom stereocenters. The molecule has 0 bridgehead atoms. The van der Waals surface area contributed by atoms with Crippen LogP contribution in [0.4, 0.5) is 5.95 Å². The Bertz CT molecular complexity index is 571. The lowest BCUT2D eigenvalue weighted by molar-refractivity contribution is 0.754. The maximum atomic E-state index is 4.55. The molecule has 0 radical (unpaired) electrons. The molecule has 1 saturated carbocycles. The number of fused-ring (bicyclic) bond motifs is 1. The van der Waals surface area contributed by atoms with Crippen LogP contribution in [-0.2, 0) is 0 Å². The molecule has 0 saturated heterocycles. The molecule has 1 N–H and O–H groups in total. The molecular formula is C13H17BrN4S. The first-order valence-corrected chi connectivity index (χ1v) is 8.51. The van der Waals surface area contributed by atoms with Gasteiger partial charge in [-0.1, -0.05) is 13.3 Å². The zero-order chi connectivity index (χ0) is 13.2. The van der Waals surface area contributed by atoms with Crippen molar-refractivity contribution < 1.29 is 0 Å². The SMILES string of the molecule is CCSC1CCCC1Nc1nc2c(Br)cccn2n1. The normalized spacial score (nSPS) is 23.1. The third-order valence-corrected chi connectivity index (χ3v) is 5.41. The molecule has 1 aliphatic carbocycles. The number of aromatic nitrogens is 3. The van der Waals surface area contributed by atoms with Gasteiger partial charge in [-0.2, -0.15) is 16.7 Å². The number of nitrogens with zero attached hydrogens (tertiary/aromatic N) is 3. The van der Waals surface area contributed by atoms with Crippen LogP contribution >= 0.6 is 27.7 Å². The number of pyridine rings is 1. The van der Waals surface area contributed by atoms with E-state index in [0.29, 0.717) is 11.3 Å². The van der Waals surface area contributed by atoms with Crippen LogP contribution in [0.1, 0.15) is 26.2 Å². The van der Waals surface area contributed by atoms with Gasteiger partial charge < -0.3 is 5.32 Å². The lowest BCUT2D eigenvalue weighted by Crippen LogP contribution is -2.26. The molecule has 6 heteroatoms. The fourth-order valence-corrected chi connectivity index (χ4v) is 4.23. The fourth-order valence-electron chi connectivity index (χ4n) is 2.61. The van der Waals surface area contributed by atoms with E-state index in [0.717, 1.165) is 16.1 Å². The predicted octanol–water partition coefficient (Wildman–Crippen LogP) is 3.58. The summed E-state index contributed by atoms with van der Waals surface area (Å²) in [7, 11) is 0. The van der Waals surface area contributed by atoms with Gasteiger partial charge in [-0.3, -0.25) is 0 Å². The lowest BCUT2D eigenvalue weighted by atomic mass is 10.2. The number of hydrogen-bond acceptors (Lipinski definition) is 4. The second-order valence-corrected chi connectivity index (χ2v) is 7.11. The Morgan fingerprint density at radius 3 is 3.21 bits per heavy atom. The summed E-state index contributed by atoms with van der Waals surface area (Å²) in [4.78, 5) is 4.55. The van der Waals surface area contributed by atoms with Gasteiger partial charge in [-0.25, -0.2) is 4.52 Å². The Morgan fingerprint density at radius 2 is 2.42 bits per heavy atom. The summed E-state index contributed by atoms with van der Waals surface area (Å²) < 4.78 is 2.78. The van der Waals surface area contributed by atoms with Gasteiger partial charge >= 0.3 is 0 Å². The van der Waals surface area contributed by atoms with Crippen molar-refractivity contribution in [1.82, 2.24) is 14.6 Å². The molecule has 102 valence electrons. The Labute approximate surface area is 125 Å². The third-order valence-electron chi connectivity index (χ3n) is 3.46. The van der Waals surface area contributed by atoms with Crippen molar-refractivity contribution in [2.24, 2.45) is 0 Å². The molecule has 4 nitrogen and oxygen atoms in total.